The van der Waals surface area contributed by atoms with Gasteiger partial charge in [0.15, 0.2) is 16.9 Å². The number of aromatic carboxylic acids is 1. The Morgan fingerprint density at radius 3 is 2.38 bits per heavy atom. The Bertz CT molecular complexity index is 1220. The van der Waals surface area contributed by atoms with Gasteiger partial charge in [0.1, 0.15) is 5.56 Å². The number of sulfonamides is 1. The van der Waals surface area contributed by atoms with Crippen LogP contribution in [0.15, 0.2) is 29.1 Å². The molecule has 9 nitrogen and oxygen atoms in total. The van der Waals surface area contributed by atoms with Gasteiger partial charge in [0.2, 0.25) is 15.8 Å². The van der Waals surface area contributed by atoms with Crippen molar-refractivity contribution in [1.82, 2.24) is 4.72 Å². The van der Waals surface area contributed by atoms with E-state index in [0.717, 1.165) is 5.56 Å². The zero-order valence-electron chi connectivity index (χ0n) is 18.2. The van der Waals surface area contributed by atoms with Crippen molar-refractivity contribution in [3.8, 4) is 28.4 Å². The molecule has 0 amide bonds. The fourth-order valence-electron chi connectivity index (χ4n) is 3.91. The van der Waals surface area contributed by atoms with Gasteiger partial charge in [0.05, 0.1) is 27.1 Å². The highest BCUT2D eigenvalue weighted by molar-refractivity contribution is 7.89. The predicted octanol–water partition coefficient (Wildman–Crippen LogP) is 2.36. The number of ether oxygens (including phenoxy) is 3. The minimum Gasteiger partial charge on any atom is -0.493 e. The van der Waals surface area contributed by atoms with Crippen molar-refractivity contribution < 1.29 is 32.5 Å². The van der Waals surface area contributed by atoms with Crippen LogP contribution in [0.3, 0.4) is 0 Å². The zero-order valence-corrected chi connectivity index (χ0v) is 19.0. The largest absolute Gasteiger partial charge is 0.493 e. The minimum atomic E-state index is -3.62. The molecule has 2 aromatic carbocycles. The second kappa shape index (κ2) is 9.17. The van der Waals surface area contributed by atoms with Crippen LogP contribution in [0.4, 0.5) is 0 Å². The van der Waals surface area contributed by atoms with Crippen molar-refractivity contribution in [3.63, 3.8) is 0 Å². The van der Waals surface area contributed by atoms with Gasteiger partial charge < -0.3 is 19.3 Å². The van der Waals surface area contributed by atoms with Crippen LogP contribution >= 0.6 is 0 Å². The van der Waals surface area contributed by atoms with E-state index in [9.17, 15) is 23.1 Å². The topological polar surface area (TPSA) is 128 Å². The summed E-state index contributed by atoms with van der Waals surface area (Å²) in [6.45, 7) is 1.51. The van der Waals surface area contributed by atoms with Crippen LogP contribution in [0.1, 0.15) is 40.9 Å². The lowest BCUT2D eigenvalue weighted by molar-refractivity contribution is 0.0695. The smallest absolute Gasteiger partial charge is 0.339 e. The van der Waals surface area contributed by atoms with E-state index in [1.807, 2.05) is 0 Å². The molecule has 0 saturated carbocycles. The first-order valence-electron chi connectivity index (χ1n) is 9.91. The van der Waals surface area contributed by atoms with Gasteiger partial charge in [0, 0.05) is 11.6 Å². The molecular formula is C22H25NO8S. The van der Waals surface area contributed by atoms with Crippen LogP contribution in [0, 0.1) is 0 Å². The van der Waals surface area contributed by atoms with E-state index < -0.39 is 33.0 Å². The lowest BCUT2D eigenvalue weighted by Gasteiger charge is -2.19. The number of hydrogen-bond donors (Lipinski definition) is 2. The molecule has 0 aliphatic heterocycles. The van der Waals surface area contributed by atoms with Gasteiger partial charge in [-0.15, -0.1) is 0 Å². The summed E-state index contributed by atoms with van der Waals surface area (Å²) < 4.78 is 44.0. The number of carboxylic acid groups (broad SMARTS) is 1. The summed E-state index contributed by atoms with van der Waals surface area (Å²) in [5.41, 5.74) is 1.07. The van der Waals surface area contributed by atoms with Gasteiger partial charge >= 0.3 is 5.97 Å². The summed E-state index contributed by atoms with van der Waals surface area (Å²) in [7, 11) is 0.805. The zero-order chi connectivity index (χ0) is 23.6. The molecule has 1 aliphatic rings. The van der Waals surface area contributed by atoms with Crippen molar-refractivity contribution in [2.45, 2.75) is 25.8 Å². The monoisotopic (exact) mass is 463 g/mol. The molecule has 32 heavy (non-hydrogen) atoms. The lowest BCUT2D eigenvalue weighted by atomic mass is 9.95. The molecule has 0 spiro atoms. The molecule has 1 atom stereocenters. The van der Waals surface area contributed by atoms with Gasteiger partial charge in [-0.2, -0.15) is 0 Å². The first kappa shape index (κ1) is 23.6. The van der Waals surface area contributed by atoms with E-state index in [2.05, 4.69) is 4.72 Å². The first-order chi connectivity index (χ1) is 15.2. The van der Waals surface area contributed by atoms with E-state index in [0.29, 0.717) is 46.8 Å². The Morgan fingerprint density at radius 1 is 1.12 bits per heavy atom. The molecule has 3 rings (SSSR count). The van der Waals surface area contributed by atoms with E-state index in [-0.39, 0.29) is 5.75 Å². The van der Waals surface area contributed by atoms with Crippen LogP contribution < -0.4 is 24.4 Å². The number of benzene rings is 1. The summed E-state index contributed by atoms with van der Waals surface area (Å²) in [6.07, 6.45) is 0.783. The van der Waals surface area contributed by atoms with Crippen molar-refractivity contribution in [1.29, 1.82) is 0 Å². The number of aryl methyl sites for hydroxylation is 1. The van der Waals surface area contributed by atoms with Crippen LogP contribution in [0.5, 0.6) is 17.2 Å². The maximum absolute atomic E-state index is 12.7. The lowest BCUT2D eigenvalue weighted by Crippen LogP contribution is -2.30. The number of fused-ring (bicyclic) bond motifs is 3. The third-order valence-corrected chi connectivity index (χ3v) is 6.87. The number of methoxy groups -OCH3 is 3. The Morgan fingerprint density at radius 2 is 1.81 bits per heavy atom. The Kier molecular flexibility index (Phi) is 6.75. The fraction of sp³-hybridized carbons (Fsp3) is 0.364. The minimum absolute atomic E-state index is 0.139. The number of carboxylic acids is 1. The van der Waals surface area contributed by atoms with Gasteiger partial charge in [0.25, 0.3) is 0 Å². The molecule has 0 heterocycles. The van der Waals surface area contributed by atoms with Gasteiger partial charge in [-0.25, -0.2) is 17.9 Å². The van der Waals surface area contributed by atoms with Crippen molar-refractivity contribution >= 4 is 16.0 Å². The SMILES string of the molecule is CCS(=O)(=O)NC1CCc2cc(OC)c(OC)c(OC)c2-c2ccc(C(=O)O)c(=O)cc21. The molecule has 0 fully saturated rings. The standard InChI is InChI=1S/C22H25NO8S/c1-5-32(27,28)23-16-9-6-12-10-18(29-2)20(30-3)21(31-4)19(12)13-7-8-14(22(25)26)17(24)11-15(13)16/h7-8,10-11,16,23H,5-6,9H2,1-4H3,(H,25,26). The molecule has 1 aliphatic carbocycles. The molecule has 1 unspecified atom stereocenters. The number of rotatable bonds is 7. The molecule has 2 aromatic rings. The van der Waals surface area contributed by atoms with Crippen LogP contribution in [0.2, 0.25) is 0 Å². The molecule has 0 radical (unpaired) electrons. The maximum atomic E-state index is 12.7. The molecule has 0 aromatic heterocycles. The molecule has 0 bridgehead atoms. The molecule has 0 saturated heterocycles. The maximum Gasteiger partial charge on any atom is 0.339 e. The van der Waals surface area contributed by atoms with E-state index in [1.54, 1.807) is 6.07 Å². The number of carbonyl (C=O) groups is 1. The highest BCUT2D eigenvalue weighted by Crippen LogP contribution is 2.50. The summed E-state index contributed by atoms with van der Waals surface area (Å²) in [4.78, 5) is 24.3. The average molecular weight is 464 g/mol. The molecule has 172 valence electrons. The Labute approximate surface area is 186 Å². The highest BCUT2D eigenvalue weighted by Gasteiger charge is 2.30. The van der Waals surface area contributed by atoms with E-state index >= 15 is 0 Å². The van der Waals surface area contributed by atoms with Crippen molar-refractivity contribution in [3.05, 3.63) is 51.2 Å². The van der Waals surface area contributed by atoms with Crippen molar-refractivity contribution in [2.24, 2.45) is 0 Å². The Hall–Kier alpha value is -3.11. The normalized spacial score (nSPS) is 15.2. The predicted molar refractivity (Wildman–Crippen MR) is 118 cm³/mol. The highest BCUT2D eigenvalue weighted by atomic mass is 32.2. The molecular weight excluding hydrogens is 438 g/mol. The van der Waals surface area contributed by atoms with Crippen LogP contribution in [0.25, 0.3) is 11.1 Å². The van der Waals surface area contributed by atoms with Crippen molar-refractivity contribution in [2.75, 3.05) is 27.1 Å². The quantitative estimate of drug-likeness (QED) is 0.640. The average Bonchev–Trinajstić information content (AvgIpc) is 3.01. The van der Waals surface area contributed by atoms with Gasteiger partial charge in [-0.1, -0.05) is 6.07 Å². The third kappa shape index (κ3) is 4.28. The summed E-state index contributed by atoms with van der Waals surface area (Å²) in [5, 5.41) is 9.44. The molecule has 10 heteroatoms. The second-order valence-corrected chi connectivity index (χ2v) is 9.26. The number of hydrogen-bond acceptors (Lipinski definition) is 7. The van der Waals surface area contributed by atoms with E-state index in [4.69, 9.17) is 14.2 Å². The first-order valence-corrected chi connectivity index (χ1v) is 11.6. The molecule has 2 N–H and O–H groups in total. The van der Waals surface area contributed by atoms with E-state index in [1.165, 1.54) is 46.5 Å². The fourth-order valence-corrected chi connectivity index (χ4v) is 4.76. The van der Waals surface area contributed by atoms with Crippen LogP contribution in [-0.4, -0.2) is 46.6 Å². The summed E-state index contributed by atoms with van der Waals surface area (Å²) in [6, 6.07) is 4.95. The van der Waals surface area contributed by atoms with Crippen LogP contribution in [-0.2, 0) is 16.4 Å². The summed E-state index contributed by atoms with van der Waals surface area (Å²) >= 11 is 0. The summed E-state index contributed by atoms with van der Waals surface area (Å²) in [5.74, 6) is -0.392. The van der Waals surface area contributed by atoms with Gasteiger partial charge in [-0.3, -0.25) is 4.79 Å². The number of nitrogens with one attached hydrogen (secondary N) is 1. The van der Waals surface area contributed by atoms with Gasteiger partial charge in [-0.05, 0) is 54.7 Å². The third-order valence-electron chi connectivity index (χ3n) is 5.47. The Balaban J connectivity index is 2.43. The second-order valence-electron chi connectivity index (χ2n) is 7.22.